The quantitative estimate of drug-likeness (QED) is 0.629. The number of hydrogen-bond acceptors (Lipinski definition) is 3. The van der Waals surface area contributed by atoms with E-state index in [1.165, 1.54) is 7.11 Å². The summed E-state index contributed by atoms with van der Waals surface area (Å²) in [6.07, 6.45) is 0. The fourth-order valence-electron chi connectivity index (χ4n) is 2.48. The molecule has 5 heteroatoms. The van der Waals surface area contributed by atoms with Crippen molar-refractivity contribution in [2.45, 2.75) is 6.92 Å². The van der Waals surface area contributed by atoms with Crippen molar-refractivity contribution in [3.05, 3.63) is 82.9 Å². The molecule has 1 N–H and O–H groups in total. The van der Waals surface area contributed by atoms with E-state index < -0.39 is 0 Å². The van der Waals surface area contributed by atoms with E-state index in [4.69, 9.17) is 21.1 Å². The molecule has 0 heterocycles. The van der Waals surface area contributed by atoms with E-state index in [-0.39, 0.29) is 5.91 Å². The Bertz CT molecular complexity index is 923. The van der Waals surface area contributed by atoms with Gasteiger partial charge in [-0.05, 0) is 67.1 Å². The van der Waals surface area contributed by atoms with Crippen LogP contribution >= 0.6 is 11.6 Å². The van der Waals surface area contributed by atoms with Gasteiger partial charge in [0.15, 0.2) is 0 Å². The van der Waals surface area contributed by atoms with E-state index in [0.29, 0.717) is 27.8 Å². The lowest BCUT2D eigenvalue weighted by Gasteiger charge is -2.11. The Morgan fingerprint density at radius 1 is 0.962 bits per heavy atom. The fraction of sp³-hybridized carbons (Fsp3) is 0.0952. The summed E-state index contributed by atoms with van der Waals surface area (Å²) < 4.78 is 11.0. The van der Waals surface area contributed by atoms with Gasteiger partial charge in [-0.3, -0.25) is 4.79 Å². The van der Waals surface area contributed by atoms with E-state index in [2.05, 4.69) is 5.32 Å². The average molecular weight is 368 g/mol. The van der Waals surface area contributed by atoms with Gasteiger partial charge >= 0.3 is 0 Å². The van der Waals surface area contributed by atoms with Gasteiger partial charge in [-0.15, -0.1) is 0 Å². The van der Waals surface area contributed by atoms with Crippen LogP contribution in [0.15, 0.2) is 66.7 Å². The van der Waals surface area contributed by atoms with E-state index in [0.717, 1.165) is 11.3 Å². The molecule has 0 aromatic heterocycles. The van der Waals surface area contributed by atoms with Crippen LogP contribution in [0.3, 0.4) is 0 Å². The zero-order valence-electron chi connectivity index (χ0n) is 14.5. The van der Waals surface area contributed by atoms with Gasteiger partial charge < -0.3 is 14.8 Å². The van der Waals surface area contributed by atoms with Gasteiger partial charge in [-0.25, -0.2) is 0 Å². The molecule has 0 radical (unpaired) electrons. The summed E-state index contributed by atoms with van der Waals surface area (Å²) in [6, 6.07) is 19.9. The highest BCUT2D eigenvalue weighted by Crippen LogP contribution is 2.26. The van der Waals surface area contributed by atoms with Gasteiger partial charge in [0.2, 0.25) is 0 Å². The van der Waals surface area contributed by atoms with Crippen LogP contribution in [-0.4, -0.2) is 13.0 Å². The Balaban J connectivity index is 1.71. The minimum atomic E-state index is -0.295. The molecule has 0 aliphatic rings. The highest BCUT2D eigenvalue weighted by Gasteiger charge is 2.13. The SMILES string of the molecule is COc1ccc(Cl)cc1C(=O)Nc1ccc(Oc2cccc(C)c2)cc1. The summed E-state index contributed by atoms with van der Waals surface area (Å²) in [7, 11) is 1.51. The number of ether oxygens (including phenoxy) is 2. The maximum absolute atomic E-state index is 12.5. The summed E-state index contributed by atoms with van der Waals surface area (Å²) >= 11 is 5.98. The maximum atomic E-state index is 12.5. The molecule has 0 saturated carbocycles. The lowest BCUT2D eigenvalue weighted by molar-refractivity contribution is 0.102. The minimum absolute atomic E-state index is 0.295. The monoisotopic (exact) mass is 367 g/mol. The second-order valence-corrected chi connectivity index (χ2v) is 6.18. The first-order chi connectivity index (χ1) is 12.5. The van der Waals surface area contributed by atoms with Gasteiger partial charge in [0.25, 0.3) is 5.91 Å². The van der Waals surface area contributed by atoms with E-state index in [9.17, 15) is 4.79 Å². The standard InChI is InChI=1S/C21H18ClNO3/c1-14-4-3-5-18(12-14)26-17-9-7-16(8-10-17)23-21(24)19-13-15(22)6-11-20(19)25-2/h3-13H,1-2H3,(H,23,24). The number of carbonyl (C=O) groups excluding carboxylic acids is 1. The number of hydrogen-bond donors (Lipinski definition) is 1. The van der Waals surface area contributed by atoms with Crippen LogP contribution in [0, 0.1) is 6.92 Å². The van der Waals surface area contributed by atoms with E-state index >= 15 is 0 Å². The van der Waals surface area contributed by atoms with Crippen molar-refractivity contribution in [2.75, 3.05) is 12.4 Å². The van der Waals surface area contributed by atoms with Crippen LogP contribution in [0.25, 0.3) is 0 Å². The van der Waals surface area contributed by atoms with Crippen molar-refractivity contribution in [2.24, 2.45) is 0 Å². The molecule has 3 aromatic rings. The highest BCUT2D eigenvalue weighted by molar-refractivity contribution is 6.31. The third kappa shape index (κ3) is 4.35. The largest absolute Gasteiger partial charge is 0.496 e. The number of carbonyl (C=O) groups is 1. The van der Waals surface area contributed by atoms with Crippen molar-refractivity contribution < 1.29 is 14.3 Å². The highest BCUT2D eigenvalue weighted by atomic mass is 35.5. The summed E-state index contributed by atoms with van der Waals surface area (Å²) in [5, 5.41) is 3.30. The molecule has 0 saturated heterocycles. The molecule has 0 fully saturated rings. The van der Waals surface area contributed by atoms with Crippen molar-refractivity contribution >= 4 is 23.2 Å². The Labute approximate surface area is 157 Å². The smallest absolute Gasteiger partial charge is 0.259 e. The average Bonchev–Trinajstić information content (AvgIpc) is 2.63. The normalized spacial score (nSPS) is 10.3. The first-order valence-corrected chi connectivity index (χ1v) is 8.42. The van der Waals surface area contributed by atoms with Gasteiger partial charge in [0.05, 0.1) is 12.7 Å². The van der Waals surface area contributed by atoms with Crippen LogP contribution in [0.1, 0.15) is 15.9 Å². The molecule has 0 atom stereocenters. The van der Waals surface area contributed by atoms with Gasteiger partial charge in [-0.2, -0.15) is 0 Å². The molecule has 26 heavy (non-hydrogen) atoms. The Kier molecular flexibility index (Phi) is 5.44. The topological polar surface area (TPSA) is 47.6 Å². The molecule has 0 bridgehead atoms. The number of aryl methyl sites for hydroxylation is 1. The van der Waals surface area contributed by atoms with Crippen molar-refractivity contribution in [3.8, 4) is 17.2 Å². The number of rotatable bonds is 5. The molecular formula is C21H18ClNO3. The molecule has 0 aliphatic heterocycles. The third-order valence-corrected chi connectivity index (χ3v) is 3.98. The molecule has 3 aromatic carbocycles. The number of benzene rings is 3. The summed E-state index contributed by atoms with van der Waals surface area (Å²) in [5.41, 5.74) is 2.15. The van der Waals surface area contributed by atoms with Gasteiger partial charge in [0, 0.05) is 10.7 Å². The number of methoxy groups -OCH3 is 1. The summed E-state index contributed by atoms with van der Waals surface area (Å²) in [6.45, 7) is 2.01. The van der Waals surface area contributed by atoms with Crippen molar-refractivity contribution in [1.29, 1.82) is 0 Å². The molecule has 0 aliphatic carbocycles. The predicted octanol–water partition coefficient (Wildman–Crippen LogP) is 5.70. The minimum Gasteiger partial charge on any atom is -0.496 e. The Morgan fingerprint density at radius 2 is 1.73 bits per heavy atom. The van der Waals surface area contributed by atoms with Gasteiger partial charge in [0.1, 0.15) is 17.2 Å². The number of nitrogens with one attached hydrogen (secondary N) is 1. The molecule has 0 spiro atoms. The third-order valence-electron chi connectivity index (χ3n) is 3.74. The fourth-order valence-corrected chi connectivity index (χ4v) is 2.65. The number of amides is 1. The second kappa shape index (κ2) is 7.93. The Morgan fingerprint density at radius 3 is 2.42 bits per heavy atom. The number of anilines is 1. The molecule has 0 unspecified atom stereocenters. The second-order valence-electron chi connectivity index (χ2n) is 5.74. The zero-order valence-corrected chi connectivity index (χ0v) is 15.2. The van der Waals surface area contributed by atoms with Crippen LogP contribution in [-0.2, 0) is 0 Å². The molecule has 1 amide bonds. The maximum Gasteiger partial charge on any atom is 0.259 e. The molecule has 132 valence electrons. The summed E-state index contributed by atoms with van der Waals surface area (Å²) in [5.74, 6) is 1.63. The van der Waals surface area contributed by atoms with Gasteiger partial charge in [-0.1, -0.05) is 23.7 Å². The van der Waals surface area contributed by atoms with E-state index in [1.54, 1.807) is 42.5 Å². The molecule has 3 rings (SSSR count). The molecule has 4 nitrogen and oxygen atoms in total. The first kappa shape index (κ1) is 17.8. The lowest BCUT2D eigenvalue weighted by Crippen LogP contribution is -2.13. The van der Waals surface area contributed by atoms with Crippen LogP contribution in [0.2, 0.25) is 5.02 Å². The van der Waals surface area contributed by atoms with Crippen molar-refractivity contribution in [1.82, 2.24) is 0 Å². The van der Waals surface area contributed by atoms with Crippen LogP contribution in [0.5, 0.6) is 17.2 Å². The Hall–Kier alpha value is -2.98. The molecular weight excluding hydrogens is 350 g/mol. The van der Waals surface area contributed by atoms with Crippen molar-refractivity contribution in [3.63, 3.8) is 0 Å². The van der Waals surface area contributed by atoms with Crippen LogP contribution < -0.4 is 14.8 Å². The predicted molar refractivity (Wildman–Crippen MR) is 104 cm³/mol. The summed E-state index contributed by atoms with van der Waals surface area (Å²) in [4.78, 5) is 12.5. The number of halogens is 1. The zero-order chi connectivity index (χ0) is 18.5. The van der Waals surface area contributed by atoms with Crippen LogP contribution in [0.4, 0.5) is 5.69 Å². The lowest BCUT2D eigenvalue weighted by atomic mass is 10.2. The first-order valence-electron chi connectivity index (χ1n) is 8.04. The van der Waals surface area contributed by atoms with E-state index in [1.807, 2.05) is 31.2 Å².